The Labute approximate surface area is 187 Å². The van der Waals surface area contributed by atoms with Crippen LogP contribution >= 0.6 is 0 Å². The molecule has 0 spiro atoms. The fourth-order valence-electron chi connectivity index (χ4n) is 4.31. The van der Waals surface area contributed by atoms with E-state index in [1.165, 1.54) is 13.0 Å². The first kappa shape index (κ1) is 22.3. The van der Waals surface area contributed by atoms with Gasteiger partial charge in [0.25, 0.3) is 0 Å². The van der Waals surface area contributed by atoms with Gasteiger partial charge in [0, 0.05) is 18.0 Å². The molecule has 0 N–H and O–H groups in total. The Bertz CT molecular complexity index is 1090. The standard InChI is InChI=1S/C25H29FN2O4/c1-16(31-21-8-7-19(17(2)29)15-23(21)30-3)9-12-28-13-10-18(11-14-28)25-24-20(26)5-4-6-22(24)32-27-25/h4-8,15-16,18H,9-14H2,1-3H3. The van der Waals surface area contributed by atoms with Crippen LogP contribution in [0.5, 0.6) is 11.5 Å². The third-order valence-electron chi connectivity index (χ3n) is 6.20. The molecule has 1 unspecified atom stereocenters. The van der Waals surface area contributed by atoms with Gasteiger partial charge in [-0.2, -0.15) is 0 Å². The van der Waals surface area contributed by atoms with Crippen molar-refractivity contribution in [2.75, 3.05) is 26.7 Å². The zero-order valence-electron chi connectivity index (χ0n) is 18.8. The number of carbonyl (C=O) groups excluding carboxylic acids is 1. The second-order valence-electron chi connectivity index (χ2n) is 8.44. The van der Waals surface area contributed by atoms with Crippen molar-refractivity contribution in [1.29, 1.82) is 0 Å². The predicted octanol–water partition coefficient (Wildman–Crippen LogP) is 5.22. The van der Waals surface area contributed by atoms with E-state index in [2.05, 4.69) is 10.1 Å². The number of methoxy groups -OCH3 is 1. The molecule has 1 aliphatic heterocycles. The quantitative estimate of drug-likeness (QED) is 0.448. The highest BCUT2D eigenvalue weighted by Crippen LogP contribution is 2.34. The molecule has 1 atom stereocenters. The Morgan fingerprint density at radius 3 is 2.75 bits per heavy atom. The maximum Gasteiger partial charge on any atom is 0.170 e. The Morgan fingerprint density at radius 2 is 2.03 bits per heavy atom. The maximum atomic E-state index is 14.3. The Hall–Kier alpha value is -2.93. The summed E-state index contributed by atoms with van der Waals surface area (Å²) in [4.78, 5) is 14.0. The molecule has 7 heteroatoms. The average Bonchev–Trinajstić information content (AvgIpc) is 3.24. The van der Waals surface area contributed by atoms with Gasteiger partial charge in [0.15, 0.2) is 22.9 Å². The van der Waals surface area contributed by atoms with Crippen LogP contribution in [-0.2, 0) is 0 Å². The number of carbonyl (C=O) groups is 1. The van der Waals surface area contributed by atoms with Crippen LogP contribution in [-0.4, -0.2) is 48.7 Å². The lowest BCUT2D eigenvalue weighted by molar-refractivity contribution is 0.101. The van der Waals surface area contributed by atoms with Crippen LogP contribution in [0.15, 0.2) is 40.9 Å². The molecule has 0 bridgehead atoms. The first-order valence-corrected chi connectivity index (χ1v) is 11.1. The van der Waals surface area contributed by atoms with E-state index >= 15 is 0 Å². The summed E-state index contributed by atoms with van der Waals surface area (Å²) in [6, 6.07) is 10.1. The molecule has 4 rings (SSSR count). The molecular weight excluding hydrogens is 411 g/mol. The van der Waals surface area contributed by atoms with Gasteiger partial charge in [-0.15, -0.1) is 0 Å². The summed E-state index contributed by atoms with van der Waals surface area (Å²) in [7, 11) is 1.57. The van der Waals surface area contributed by atoms with Gasteiger partial charge >= 0.3 is 0 Å². The van der Waals surface area contributed by atoms with E-state index in [1.54, 1.807) is 37.4 Å². The van der Waals surface area contributed by atoms with Crippen LogP contribution in [0.25, 0.3) is 11.0 Å². The third kappa shape index (κ3) is 4.78. The van der Waals surface area contributed by atoms with E-state index < -0.39 is 0 Å². The van der Waals surface area contributed by atoms with Gasteiger partial charge in [-0.1, -0.05) is 11.2 Å². The third-order valence-corrected chi connectivity index (χ3v) is 6.20. The first-order valence-electron chi connectivity index (χ1n) is 11.1. The lowest BCUT2D eigenvalue weighted by Crippen LogP contribution is -2.35. The number of halogens is 1. The van der Waals surface area contributed by atoms with Gasteiger partial charge in [-0.05, 0) is 76.5 Å². The van der Waals surface area contributed by atoms with Crippen LogP contribution in [0.4, 0.5) is 4.39 Å². The highest BCUT2D eigenvalue weighted by atomic mass is 19.1. The van der Waals surface area contributed by atoms with Crippen molar-refractivity contribution in [3.05, 3.63) is 53.5 Å². The van der Waals surface area contributed by atoms with Crippen LogP contribution in [0.3, 0.4) is 0 Å². The van der Waals surface area contributed by atoms with Crippen LogP contribution < -0.4 is 9.47 Å². The fourth-order valence-corrected chi connectivity index (χ4v) is 4.31. The van der Waals surface area contributed by atoms with Crippen molar-refractivity contribution < 1.29 is 23.2 Å². The van der Waals surface area contributed by atoms with Crippen molar-refractivity contribution in [1.82, 2.24) is 10.1 Å². The number of rotatable bonds is 8. The number of benzene rings is 2. The van der Waals surface area contributed by atoms with E-state index in [0.29, 0.717) is 28.0 Å². The SMILES string of the molecule is COc1cc(C(C)=O)ccc1OC(C)CCN1CCC(c2noc3cccc(F)c23)CC1. The molecule has 32 heavy (non-hydrogen) atoms. The van der Waals surface area contributed by atoms with E-state index in [-0.39, 0.29) is 23.6 Å². The Kier molecular flexibility index (Phi) is 6.74. The highest BCUT2D eigenvalue weighted by Gasteiger charge is 2.26. The molecule has 0 radical (unpaired) electrons. The fraction of sp³-hybridized carbons (Fsp3) is 0.440. The number of hydrogen-bond acceptors (Lipinski definition) is 6. The Balaban J connectivity index is 1.29. The number of likely N-dealkylation sites (tertiary alicyclic amines) is 1. The van der Waals surface area contributed by atoms with E-state index in [0.717, 1.165) is 44.6 Å². The van der Waals surface area contributed by atoms with E-state index in [9.17, 15) is 9.18 Å². The summed E-state index contributed by atoms with van der Waals surface area (Å²) in [6.07, 6.45) is 2.71. The molecule has 0 amide bonds. The Morgan fingerprint density at radius 1 is 1.25 bits per heavy atom. The second-order valence-corrected chi connectivity index (χ2v) is 8.44. The summed E-state index contributed by atoms with van der Waals surface area (Å²) >= 11 is 0. The average molecular weight is 441 g/mol. The molecule has 0 aliphatic carbocycles. The topological polar surface area (TPSA) is 64.8 Å². The number of aromatic nitrogens is 1. The van der Waals surface area contributed by atoms with Crippen molar-refractivity contribution in [3.63, 3.8) is 0 Å². The summed E-state index contributed by atoms with van der Waals surface area (Å²) in [5.74, 6) is 1.15. The molecular formula is C25H29FN2O4. The molecule has 6 nitrogen and oxygen atoms in total. The summed E-state index contributed by atoms with van der Waals surface area (Å²) in [6.45, 7) is 6.33. The predicted molar refractivity (Wildman–Crippen MR) is 120 cm³/mol. The minimum atomic E-state index is -0.265. The number of nitrogens with zero attached hydrogens (tertiary/aromatic N) is 2. The van der Waals surface area contributed by atoms with Crippen LogP contribution in [0.2, 0.25) is 0 Å². The summed E-state index contributed by atoms with van der Waals surface area (Å²) in [5, 5.41) is 4.70. The molecule has 1 aliphatic rings. The van der Waals surface area contributed by atoms with Gasteiger partial charge in [0.05, 0.1) is 24.3 Å². The lowest BCUT2D eigenvalue weighted by atomic mass is 9.91. The lowest BCUT2D eigenvalue weighted by Gasteiger charge is -2.31. The first-order chi connectivity index (χ1) is 15.5. The number of piperidine rings is 1. The van der Waals surface area contributed by atoms with Crippen LogP contribution in [0, 0.1) is 5.82 Å². The molecule has 3 aromatic rings. The minimum absolute atomic E-state index is 0.00150. The second kappa shape index (κ2) is 9.69. The summed E-state index contributed by atoms with van der Waals surface area (Å²) < 4.78 is 31.1. The number of ketones is 1. The van der Waals surface area contributed by atoms with Gasteiger partial charge in [-0.25, -0.2) is 4.39 Å². The summed E-state index contributed by atoms with van der Waals surface area (Å²) in [5.41, 5.74) is 1.86. The van der Waals surface area contributed by atoms with Crippen molar-refractivity contribution in [3.8, 4) is 11.5 Å². The largest absolute Gasteiger partial charge is 0.493 e. The van der Waals surface area contributed by atoms with Gasteiger partial charge in [0.1, 0.15) is 5.82 Å². The van der Waals surface area contributed by atoms with E-state index in [1.807, 2.05) is 6.92 Å². The monoisotopic (exact) mass is 440 g/mol. The van der Waals surface area contributed by atoms with Gasteiger partial charge < -0.3 is 18.9 Å². The number of Topliss-reactive ketones (excluding diaryl/α,β-unsaturated/α-hetero) is 1. The van der Waals surface area contributed by atoms with E-state index in [4.69, 9.17) is 14.0 Å². The highest BCUT2D eigenvalue weighted by molar-refractivity contribution is 5.94. The molecule has 170 valence electrons. The van der Waals surface area contributed by atoms with Crippen molar-refractivity contribution in [2.45, 2.75) is 45.1 Å². The van der Waals surface area contributed by atoms with Crippen LogP contribution in [0.1, 0.15) is 55.1 Å². The van der Waals surface area contributed by atoms with Crippen molar-refractivity contribution >= 4 is 16.8 Å². The zero-order chi connectivity index (χ0) is 22.7. The van der Waals surface area contributed by atoms with Gasteiger partial charge in [0.2, 0.25) is 0 Å². The molecule has 0 saturated carbocycles. The number of fused-ring (bicyclic) bond motifs is 1. The number of hydrogen-bond donors (Lipinski definition) is 0. The molecule has 2 aromatic carbocycles. The molecule has 1 aromatic heterocycles. The smallest absolute Gasteiger partial charge is 0.170 e. The minimum Gasteiger partial charge on any atom is -0.493 e. The maximum absolute atomic E-state index is 14.3. The normalized spacial score (nSPS) is 16.2. The number of ether oxygens (including phenoxy) is 2. The van der Waals surface area contributed by atoms with Gasteiger partial charge in [-0.3, -0.25) is 4.79 Å². The molecule has 1 saturated heterocycles. The molecule has 1 fully saturated rings. The zero-order valence-corrected chi connectivity index (χ0v) is 18.8. The molecule has 2 heterocycles. The van der Waals surface area contributed by atoms with Crippen molar-refractivity contribution in [2.24, 2.45) is 0 Å².